The maximum Gasteiger partial charge on any atom is 0.335 e. The molecule has 12 atom stereocenters. The number of carbonyl (C=O) groups excluding carboxylic acids is 9. The highest BCUT2D eigenvalue weighted by Crippen LogP contribution is 2.24. The summed E-state index contributed by atoms with van der Waals surface area (Å²) in [6, 6.07) is 13.6. The number of fused-ring (bicyclic) bond motifs is 1. The second-order valence-electron chi connectivity index (χ2n) is 19.7. The number of H-pyrrole nitrogens is 1. The fourth-order valence-corrected chi connectivity index (χ4v) is 10.7. The second kappa shape index (κ2) is 32.4. The van der Waals surface area contributed by atoms with E-state index in [2.05, 4.69) is 47.5 Å². The molecule has 440 valence electrons. The molecule has 0 saturated carbocycles. The largest absolute Gasteiger partial charge is 0.451 e. The molecule has 8 amide bonds. The van der Waals surface area contributed by atoms with Crippen LogP contribution in [0.2, 0.25) is 0 Å². The van der Waals surface area contributed by atoms with Gasteiger partial charge in [-0.05, 0) is 76.1 Å². The normalized spacial score (nSPS) is 22.1. The third-order valence-corrected chi connectivity index (χ3v) is 15.5. The fraction of sp³-hybridized carbons (Fsp3) is 0.473. The highest BCUT2D eigenvalue weighted by molar-refractivity contribution is 8.76. The predicted molar refractivity (Wildman–Crippen MR) is 303 cm³/mol. The number of carbonyl (C=O) groups is 9. The molecule has 24 nitrogen and oxygen atoms in total. The molecule has 0 radical (unpaired) electrons. The lowest BCUT2D eigenvalue weighted by Gasteiger charge is -2.29. The zero-order valence-electron chi connectivity index (χ0n) is 45.4. The number of para-hydroxylation sites is 1. The molecule has 0 bridgehead atoms. The summed E-state index contributed by atoms with van der Waals surface area (Å²) in [4.78, 5) is 129. The summed E-state index contributed by atoms with van der Waals surface area (Å²) in [5.74, 6) is -8.26. The van der Waals surface area contributed by atoms with Gasteiger partial charge < -0.3 is 78.4 Å². The Morgan fingerprint density at radius 3 is 1.93 bits per heavy atom. The van der Waals surface area contributed by atoms with Gasteiger partial charge in [0, 0.05) is 48.0 Å². The predicted octanol–water partition coefficient (Wildman–Crippen LogP) is -1.34. The van der Waals surface area contributed by atoms with Crippen molar-refractivity contribution in [3.8, 4) is 0 Å². The van der Waals surface area contributed by atoms with Crippen LogP contribution in [0, 0.1) is 0 Å². The standard InChI is InChI=1S/C55H74N10O14S2/c1-30(67)43(27-66)62-53(76)45-29-81-80-28-44(63-48(71)38(56)23-34-15-7-5-8-16-34)52(75)60-41(24-35-17-9-6-10-18-35)50(73)61-42(25-36-26-58-39-20-12-11-19-37(36)39)51(74)59-40(49(72)65-46(31(2)68)54(77)64-45)21-13-14-22-57-47(70)33(4)79-55(78)32(3)69/h5-12,15-20,26,30-33,38,40-46,58,66-69H,13-14,21-25,27-29,56H2,1-4H3,(H,57,70)(H,59,74)(H,60,75)(H,61,73)(H,62,76)(H,63,71)(H,64,77)(H,65,72)/t30-,31-,32+,33+,38-,40+,41+,42-,43-,44+,45+,46+/m1/s1. The molecule has 1 aliphatic rings. The fourth-order valence-electron chi connectivity index (χ4n) is 8.39. The first-order valence-electron chi connectivity index (χ1n) is 26.5. The quantitative estimate of drug-likeness (QED) is 0.0261. The first-order valence-corrected chi connectivity index (χ1v) is 29.0. The third kappa shape index (κ3) is 20.5. The first-order chi connectivity index (χ1) is 38.6. The number of esters is 1. The summed E-state index contributed by atoms with van der Waals surface area (Å²) in [6.45, 7) is 4.34. The Bertz CT molecular complexity index is 2750. The minimum atomic E-state index is -1.77. The minimum Gasteiger partial charge on any atom is -0.451 e. The van der Waals surface area contributed by atoms with Gasteiger partial charge in [-0.15, -0.1) is 0 Å². The van der Waals surface area contributed by atoms with Crippen LogP contribution in [0.4, 0.5) is 0 Å². The monoisotopic (exact) mass is 1160 g/mol. The Labute approximate surface area is 476 Å². The van der Waals surface area contributed by atoms with E-state index in [1.54, 1.807) is 79.0 Å². The van der Waals surface area contributed by atoms with E-state index >= 15 is 0 Å². The number of aromatic amines is 1. The van der Waals surface area contributed by atoms with Crippen molar-refractivity contribution in [3.05, 3.63) is 108 Å². The lowest BCUT2D eigenvalue weighted by atomic mass is 10.0. The van der Waals surface area contributed by atoms with Crippen molar-refractivity contribution in [3.63, 3.8) is 0 Å². The van der Waals surface area contributed by atoms with E-state index < -0.39 is 133 Å². The Balaban J connectivity index is 1.55. The van der Waals surface area contributed by atoms with Crippen LogP contribution in [0.15, 0.2) is 91.1 Å². The van der Waals surface area contributed by atoms with Gasteiger partial charge in [0.1, 0.15) is 42.4 Å². The van der Waals surface area contributed by atoms with Crippen molar-refractivity contribution < 1.29 is 68.3 Å². The summed E-state index contributed by atoms with van der Waals surface area (Å²) < 4.78 is 4.96. The summed E-state index contributed by atoms with van der Waals surface area (Å²) in [5, 5.41) is 62.7. The number of ether oxygens (including phenoxy) is 1. The molecule has 1 saturated heterocycles. The van der Waals surface area contributed by atoms with Crippen molar-refractivity contribution in [1.29, 1.82) is 0 Å². The number of rotatable bonds is 21. The van der Waals surface area contributed by atoms with E-state index in [1.165, 1.54) is 27.7 Å². The van der Waals surface area contributed by atoms with E-state index in [-0.39, 0.29) is 56.6 Å². The number of unbranched alkanes of at least 4 members (excludes halogenated alkanes) is 1. The van der Waals surface area contributed by atoms with Crippen molar-refractivity contribution in [2.75, 3.05) is 24.7 Å². The summed E-state index contributed by atoms with van der Waals surface area (Å²) in [5.41, 5.74) is 9.05. The van der Waals surface area contributed by atoms with Crippen LogP contribution < -0.4 is 48.3 Å². The van der Waals surface area contributed by atoms with Gasteiger partial charge in [-0.1, -0.05) is 100 Å². The lowest BCUT2D eigenvalue weighted by molar-refractivity contribution is -0.162. The Kier molecular flexibility index (Phi) is 25.9. The number of nitrogens with one attached hydrogen (secondary N) is 9. The zero-order chi connectivity index (χ0) is 59.2. The third-order valence-electron chi connectivity index (χ3n) is 13.1. The molecule has 0 unspecified atom stereocenters. The first kappa shape index (κ1) is 64.7. The average Bonchev–Trinajstić information content (AvgIpc) is 3.98. The Hall–Kier alpha value is -7.07. The van der Waals surface area contributed by atoms with Crippen molar-refractivity contribution in [1.82, 2.24) is 47.5 Å². The Morgan fingerprint density at radius 1 is 0.691 bits per heavy atom. The van der Waals surface area contributed by atoms with Crippen LogP contribution >= 0.6 is 21.6 Å². The molecule has 4 aromatic rings. The number of benzene rings is 3. The number of hydrogen-bond donors (Lipinski definition) is 14. The molecule has 1 aromatic heterocycles. The number of aliphatic hydroxyl groups excluding tert-OH is 4. The molecule has 3 aromatic carbocycles. The molecule has 81 heavy (non-hydrogen) atoms. The topological polar surface area (TPSA) is 382 Å². The van der Waals surface area contributed by atoms with E-state index in [0.29, 0.717) is 22.0 Å². The molecule has 26 heteroatoms. The van der Waals surface area contributed by atoms with Gasteiger partial charge in [-0.2, -0.15) is 0 Å². The molecule has 5 rings (SSSR count). The average molecular weight is 1160 g/mol. The molecule has 0 spiro atoms. The lowest BCUT2D eigenvalue weighted by Crippen LogP contribution is -2.62. The van der Waals surface area contributed by atoms with Crippen LogP contribution in [0.5, 0.6) is 0 Å². The molecule has 1 aliphatic heterocycles. The van der Waals surface area contributed by atoms with Gasteiger partial charge in [0.05, 0.1) is 30.9 Å². The van der Waals surface area contributed by atoms with Crippen molar-refractivity contribution in [2.45, 2.75) is 139 Å². The zero-order valence-corrected chi connectivity index (χ0v) is 47.1. The van der Waals surface area contributed by atoms with Crippen LogP contribution in [0.25, 0.3) is 10.9 Å². The summed E-state index contributed by atoms with van der Waals surface area (Å²) >= 11 is 0. The summed E-state index contributed by atoms with van der Waals surface area (Å²) in [7, 11) is 1.98. The Morgan fingerprint density at radius 2 is 1.28 bits per heavy atom. The molecule has 0 aliphatic carbocycles. The minimum absolute atomic E-state index is 0.00113. The van der Waals surface area contributed by atoms with Crippen molar-refractivity contribution in [2.24, 2.45) is 5.73 Å². The van der Waals surface area contributed by atoms with E-state index in [9.17, 15) is 63.6 Å². The van der Waals surface area contributed by atoms with Gasteiger partial charge >= 0.3 is 5.97 Å². The smallest absolute Gasteiger partial charge is 0.335 e. The van der Waals surface area contributed by atoms with Gasteiger partial charge in [0.25, 0.3) is 5.91 Å². The van der Waals surface area contributed by atoms with Crippen LogP contribution in [-0.4, -0.2) is 176 Å². The SMILES string of the molecule is C[C@H](O)C(=O)O[C@@H](C)C(=O)NCCCC[C@@H]1NC(=O)[C@@H](Cc2c[nH]c3ccccc23)NC(=O)[C@H](Cc2ccccc2)NC(=O)[C@@H](NC(=O)[C@H](N)Cc2ccccc2)CSSC[C@@H](C(=O)N[C@H](CO)[C@@H](C)O)NC(=O)[C@H]([C@@H](C)O)NC1=O. The van der Waals surface area contributed by atoms with Gasteiger partial charge in [-0.25, -0.2) is 4.79 Å². The second-order valence-corrected chi connectivity index (χ2v) is 22.3. The van der Waals surface area contributed by atoms with Gasteiger partial charge in [0.2, 0.25) is 41.4 Å². The number of nitrogens with two attached hydrogens (primary N) is 1. The molecular weight excluding hydrogens is 1090 g/mol. The maximum absolute atomic E-state index is 14.9. The number of aromatic nitrogens is 1. The van der Waals surface area contributed by atoms with E-state index in [1.807, 2.05) is 12.1 Å². The summed E-state index contributed by atoms with van der Waals surface area (Å²) in [6.07, 6.45) is -3.92. The maximum atomic E-state index is 14.9. The molecular formula is C55H74N10O14S2. The number of aliphatic hydroxyl groups is 4. The van der Waals surface area contributed by atoms with Gasteiger partial charge in [-0.3, -0.25) is 38.4 Å². The number of amides is 8. The van der Waals surface area contributed by atoms with E-state index in [0.717, 1.165) is 27.2 Å². The van der Waals surface area contributed by atoms with E-state index in [4.69, 9.17) is 10.5 Å². The van der Waals surface area contributed by atoms with Crippen LogP contribution in [-0.2, 0) is 67.2 Å². The van der Waals surface area contributed by atoms with Crippen LogP contribution in [0.3, 0.4) is 0 Å². The van der Waals surface area contributed by atoms with Gasteiger partial charge in [0.15, 0.2) is 6.10 Å². The highest BCUT2D eigenvalue weighted by Gasteiger charge is 2.37. The van der Waals surface area contributed by atoms with Crippen molar-refractivity contribution >= 4 is 85.7 Å². The molecule has 2 heterocycles. The highest BCUT2D eigenvalue weighted by atomic mass is 33.1. The van der Waals surface area contributed by atoms with Crippen LogP contribution in [0.1, 0.15) is 63.6 Å². The number of hydrogen-bond acceptors (Lipinski definition) is 17. The molecule has 15 N–H and O–H groups in total. The molecule has 1 fully saturated rings.